The number of nitrogens with one attached hydrogen (secondary N) is 3. The molecular formula is C110H108N18O15S2. The monoisotopic (exact) mass is 1980 g/mol. The number of benzene rings is 10. The number of likely N-dealkylation sites (N-methyl/N-ethyl adjacent to an activating group) is 1. The minimum Gasteiger partial charge on any atom is -0.490 e. The normalized spacial score (nSPS) is 16.0. The van der Waals surface area contributed by atoms with Gasteiger partial charge in [0.2, 0.25) is 55.2 Å². The van der Waals surface area contributed by atoms with Gasteiger partial charge in [0.1, 0.15) is 53.1 Å². The van der Waals surface area contributed by atoms with Crippen molar-refractivity contribution in [2.24, 2.45) is 5.92 Å². The topological polar surface area (TPSA) is 453 Å². The van der Waals surface area contributed by atoms with Crippen LogP contribution in [0.5, 0.6) is 23.0 Å². The lowest BCUT2D eigenvalue weighted by Gasteiger charge is -2.45. The molecule has 740 valence electrons. The third kappa shape index (κ3) is 23.1. The highest BCUT2D eigenvalue weighted by atomic mass is 32.2. The number of hydrogen-bond acceptors (Lipinski definition) is 29. The first-order chi connectivity index (χ1) is 69.8. The molecule has 0 bridgehead atoms. The number of sulfonamides is 2. The molecule has 10 aromatic carbocycles. The van der Waals surface area contributed by atoms with Crippen LogP contribution < -0.4 is 33.7 Å². The van der Waals surface area contributed by atoms with E-state index in [1.165, 1.54) is 41.3 Å². The quantitative estimate of drug-likeness (QED) is 0.0392. The van der Waals surface area contributed by atoms with E-state index in [0.717, 1.165) is 108 Å². The van der Waals surface area contributed by atoms with Crippen molar-refractivity contribution < 1.29 is 68.3 Å². The van der Waals surface area contributed by atoms with Gasteiger partial charge in [0.05, 0.1) is 69.8 Å². The summed E-state index contributed by atoms with van der Waals surface area (Å²) in [5, 5.41) is 57.6. The van der Waals surface area contributed by atoms with Crippen LogP contribution in [-0.4, -0.2) is 154 Å². The van der Waals surface area contributed by atoms with E-state index in [4.69, 9.17) is 37.0 Å². The van der Waals surface area contributed by atoms with Crippen molar-refractivity contribution in [3.05, 3.63) is 273 Å². The second-order valence-corrected chi connectivity index (χ2v) is 41.0. The van der Waals surface area contributed by atoms with Gasteiger partial charge in [-0.2, -0.15) is 41.0 Å². The maximum Gasteiger partial charge on any atom is 0.258 e. The first kappa shape index (κ1) is 101. The van der Waals surface area contributed by atoms with E-state index >= 15 is 0 Å². The van der Waals surface area contributed by atoms with Crippen LogP contribution in [0.1, 0.15) is 198 Å². The van der Waals surface area contributed by atoms with Crippen LogP contribution in [0.3, 0.4) is 0 Å². The van der Waals surface area contributed by atoms with Crippen molar-refractivity contribution in [1.82, 2.24) is 64.7 Å². The van der Waals surface area contributed by atoms with Crippen molar-refractivity contribution in [3.8, 4) is 139 Å². The van der Waals surface area contributed by atoms with E-state index in [2.05, 4.69) is 108 Å². The third-order valence-electron chi connectivity index (χ3n) is 25.7. The van der Waals surface area contributed by atoms with Gasteiger partial charge in [0, 0.05) is 107 Å². The SMILES string of the molecule is CC(=O)CN(C)[C@H]1CCc2c(-c3noc(-c4ccc(OC(C)C)c(C#N)c4)n3)cccc21.CC(=O)Nc1ccc(S(=O)(=O)N[C@H]2CCc3c(-c4noc(-c5ccc(OC(C)C)c(C#N)c5)n4)cccc32)cc1.CC(C)Oc1ccc(-c2nc(-c3cccc4c3CC[C@@H]4N3CC(C(=O)N4CCC4)C3)no2)cc1C#N.CC(C)Oc1ccc(-c2nc(-c3cccc4c3CC[C@H]4NS(=O)(=O)Cc3ccccc3)no2)cc1C#N. The Bertz CT molecular complexity index is 7610. The predicted molar refractivity (Wildman–Crippen MR) is 540 cm³/mol. The van der Waals surface area contributed by atoms with Gasteiger partial charge >= 0.3 is 0 Å². The Morgan fingerprint density at radius 1 is 0.448 bits per heavy atom. The molecule has 2 fully saturated rings. The van der Waals surface area contributed by atoms with Gasteiger partial charge in [-0.1, -0.05) is 124 Å². The summed E-state index contributed by atoms with van der Waals surface area (Å²) in [7, 11) is -5.35. The molecule has 4 aliphatic carbocycles. The molecule has 6 aliphatic rings. The zero-order valence-electron chi connectivity index (χ0n) is 82.0. The summed E-state index contributed by atoms with van der Waals surface area (Å²) in [6, 6.07) is 68.2. The van der Waals surface area contributed by atoms with Crippen LogP contribution in [-0.2, 0) is 65.9 Å². The van der Waals surface area contributed by atoms with Gasteiger partial charge in [-0.3, -0.25) is 24.2 Å². The summed E-state index contributed by atoms with van der Waals surface area (Å²) in [6.07, 6.45) is 7.31. The molecule has 0 radical (unpaired) electrons. The number of ketones is 1. The number of amides is 2. The number of anilines is 1. The van der Waals surface area contributed by atoms with Gasteiger partial charge in [0.15, 0.2) is 0 Å². The Kier molecular flexibility index (Phi) is 30.6. The number of nitrogens with zero attached hydrogens (tertiary/aromatic N) is 15. The zero-order valence-corrected chi connectivity index (χ0v) is 83.6. The highest BCUT2D eigenvalue weighted by Gasteiger charge is 2.43. The summed E-state index contributed by atoms with van der Waals surface area (Å²) in [4.78, 5) is 60.4. The Balaban J connectivity index is 0.000000133. The highest BCUT2D eigenvalue weighted by molar-refractivity contribution is 7.89. The standard InChI is InChI=1S/C29H27N5O5S.C28H29N5O3.C28H26N4O4S.C25H26N4O3/c1-17(2)38-27-14-7-19(15-20(27)16-30)29-32-28(33-39-29)25-6-4-5-24-23(25)12-13-26(24)34-40(36,37)22-10-8-21(9-11-22)31-18(3)35;1-17(2)35-25-10-7-18(13-19(25)14-29)27-30-26(31-36-27)23-6-3-5-22-21(23)8-9-24(22)33-15-20(16-33)28(34)32-11-4-12-32;1-18(2)35-26-14-11-20(15-21(26)16-29)28-30-27(31-36-28)24-10-6-9-23-22(24)12-13-25(23)32-37(33,34)17-19-7-4-3-5-8-19;1-15(2)31-23-11-8-17(12-18(23)13-26)25-27-24(28-32-25)21-7-5-6-20-19(21)9-10-22(20)29(4)14-16(3)30/h4-11,14-15,17,26,34H,12-13H2,1-3H3,(H,31,35);3,5-7,10,13,17,20,24H,4,8-9,11-12,15-16H2,1-2H3;3-11,14-15,18,25,32H,12-13,17H2,1-2H3;5-8,11-12,15,22H,9-10,14H2,1-4H3/t26-;24-;25-;22-/m0010/s1. The smallest absolute Gasteiger partial charge is 0.258 e. The first-order valence-electron chi connectivity index (χ1n) is 48.2. The number of nitriles is 4. The molecule has 145 heavy (non-hydrogen) atoms. The number of carbonyl (C=O) groups is 3. The minimum absolute atomic E-state index is 0.0230. The van der Waals surface area contributed by atoms with E-state index in [9.17, 15) is 52.3 Å². The van der Waals surface area contributed by atoms with E-state index < -0.39 is 26.1 Å². The number of Topliss-reactive ketones (excluding diaryl/α,β-unsaturated/α-hetero) is 1. The molecule has 4 aromatic heterocycles. The second-order valence-electron chi connectivity index (χ2n) is 37.6. The molecule has 35 heteroatoms. The fourth-order valence-electron chi connectivity index (χ4n) is 19.1. The van der Waals surface area contributed by atoms with Gasteiger partial charge in [-0.05, 0) is 274 Å². The lowest BCUT2D eigenvalue weighted by Crippen LogP contribution is -2.57. The predicted octanol–water partition coefficient (Wildman–Crippen LogP) is 18.9. The molecule has 0 spiro atoms. The Morgan fingerprint density at radius 2 is 0.821 bits per heavy atom. The molecule has 2 amide bonds. The van der Waals surface area contributed by atoms with Crippen LogP contribution in [0.25, 0.3) is 91.4 Å². The summed E-state index contributed by atoms with van der Waals surface area (Å²) >= 11 is 0. The van der Waals surface area contributed by atoms with Crippen molar-refractivity contribution in [2.45, 2.75) is 186 Å². The van der Waals surface area contributed by atoms with Crippen LogP contribution in [0.2, 0.25) is 0 Å². The number of ether oxygens (including phenoxy) is 4. The molecule has 2 saturated heterocycles. The van der Waals surface area contributed by atoms with Crippen molar-refractivity contribution in [1.29, 1.82) is 21.0 Å². The molecule has 2 aliphatic heterocycles. The summed E-state index contributed by atoms with van der Waals surface area (Å²) < 4.78 is 103. The number of rotatable bonds is 29. The van der Waals surface area contributed by atoms with E-state index in [-0.39, 0.29) is 70.6 Å². The molecule has 3 N–H and O–H groups in total. The molecule has 20 rings (SSSR count). The van der Waals surface area contributed by atoms with Crippen molar-refractivity contribution in [3.63, 3.8) is 0 Å². The van der Waals surface area contributed by atoms with Gasteiger partial charge in [-0.25, -0.2) is 26.3 Å². The maximum atomic E-state index is 13.1. The van der Waals surface area contributed by atoms with Crippen LogP contribution in [0, 0.1) is 51.2 Å². The average Bonchev–Trinajstić information content (AvgIpc) is 1.62. The highest BCUT2D eigenvalue weighted by Crippen LogP contribution is 2.47. The number of fused-ring (bicyclic) bond motifs is 4. The minimum atomic E-state index is -3.81. The van der Waals surface area contributed by atoms with Crippen molar-refractivity contribution >= 4 is 43.3 Å². The second kappa shape index (κ2) is 44.0. The molecular weight excluding hydrogens is 1880 g/mol. The van der Waals surface area contributed by atoms with Gasteiger partial charge < -0.3 is 47.3 Å². The fourth-order valence-corrected chi connectivity index (χ4v) is 21.8. The number of carbonyl (C=O) groups excluding carboxylic acids is 3. The van der Waals surface area contributed by atoms with Crippen LogP contribution in [0.15, 0.2) is 223 Å². The van der Waals surface area contributed by atoms with E-state index in [1.807, 2.05) is 152 Å². The Labute approximate surface area is 840 Å². The maximum absolute atomic E-state index is 13.1. The van der Waals surface area contributed by atoms with Gasteiger partial charge in [0.25, 0.3) is 23.6 Å². The van der Waals surface area contributed by atoms with E-state index in [1.54, 1.807) is 91.9 Å². The molecule has 33 nitrogen and oxygen atoms in total. The van der Waals surface area contributed by atoms with Crippen molar-refractivity contribution in [2.75, 3.05) is 45.1 Å². The summed E-state index contributed by atoms with van der Waals surface area (Å²) in [5.74, 6) is 5.54. The van der Waals surface area contributed by atoms with Crippen LogP contribution in [0.4, 0.5) is 5.69 Å². The molecule has 14 aromatic rings. The average molecular weight is 1990 g/mol. The lowest BCUT2D eigenvalue weighted by molar-refractivity contribution is -0.146. The molecule has 4 atom stereocenters. The molecule has 0 saturated carbocycles. The summed E-state index contributed by atoms with van der Waals surface area (Å²) in [6.45, 7) is 22.2. The molecule has 0 unspecified atom stereocenters. The number of likely N-dealkylation sites (tertiary alicyclic amines) is 2. The van der Waals surface area contributed by atoms with Gasteiger partial charge in [-0.15, -0.1) is 0 Å². The number of aromatic nitrogens is 8. The zero-order chi connectivity index (χ0) is 102. The fraction of sp³-hybridized carbons (Fsp3) is 0.318. The summed E-state index contributed by atoms with van der Waals surface area (Å²) in [5.41, 5.74) is 17.6. The largest absolute Gasteiger partial charge is 0.490 e. The molecule has 6 heterocycles. The third-order valence-corrected chi connectivity index (χ3v) is 28.5. The van der Waals surface area contributed by atoms with Crippen LogP contribution >= 0.6 is 0 Å². The lowest BCUT2D eigenvalue weighted by atomic mass is 9.92. The Hall–Kier alpha value is -15.7. The Morgan fingerprint density at radius 3 is 1.20 bits per heavy atom. The van der Waals surface area contributed by atoms with E-state index in [0.29, 0.717) is 158 Å². The first-order valence-corrected chi connectivity index (χ1v) is 51.3. The number of hydrogen-bond donors (Lipinski definition) is 3.